The van der Waals surface area contributed by atoms with Crippen molar-refractivity contribution in [2.45, 2.75) is 65.0 Å². The largest absolute Gasteiger partial charge is 0.379 e. The van der Waals surface area contributed by atoms with Crippen molar-refractivity contribution >= 4 is 23.6 Å². The summed E-state index contributed by atoms with van der Waals surface area (Å²) in [7, 11) is 0. The molecule has 2 unspecified atom stereocenters. The molecule has 4 amide bonds. The van der Waals surface area contributed by atoms with Gasteiger partial charge >= 0.3 is 0 Å². The van der Waals surface area contributed by atoms with Gasteiger partial charge in [0.2, 0.25) is 23.6 Å². The van der Waals surface area contributed by atoms with Crippen LogP contribution in [0, 0.1) is 5.92 Å². The monoisotopic (exact) mass is 547 g/mol. The van der Waals surface area contributed by atoms with Gasteiger partial charge in [0.25, 0.3) is 0 Å². The van der Waals surface area contributed by atoms with E-state index in [1.165, 1.54) is 0 Å². The number of amides is 4. The van der Waals surface area contributed by atoms with Gasteiger partial charge in [-0.05, 0) is 31.7 Å². The highest BCUT2D eigenvalue weighted by molar-refractivity contribution is 5.91. The van der Waals surface area contributed by atoms with Crippen molar-refractivity contribution in [2.75, 3.05) is 65.9 Å². The molecule has 0 aliphatic rings. The second-order valence-electron chi connectivity index (χ2n) is 8.94. The van der Waals surface area contributed by atoms with Crippen LogP contribution in [0.2, 0.25) is 0 Å². The van der Waals surface area contributed by atoms with Gasteiger partial charge in [-0.3, -0.25) is 19.2 Å². The van der Waals surface area contributed by atoms with Gasteiger partial charge in [-0.15, -0.1) is 0 Å². The van der Waals surface area contributed by atoms with Crippen molar-refractivity contribution in [2.24, 2.45) is 17.4 Å². The van der Waals surface area contributed by atoms with E-state index in [-0.39, 0.29) is 30.8 Å². The highest BCUT2D eigenvalue weighted by Gasteiger charge is 2.27. The van der Waals surface area contributed by atoms with Crippen LogP contribution in [0.4, 0.5) is 0 Å². The quantitative estimate of drug-likeness (QED) is 0.0911. The SMILES string of the molecule is CCC(=O)NCCOCCOCCOCCOCCC(=O)NC(C(=O)NC(CCCCN)C(N)=O)C(C)C. The lowest BCUT2D eigenvalue weighted by molar-refractivity contribution is -0.132. The van der Waals surface area contributed by atoms with Crippen molar-refractivity contribution in [3.8, 4) is 0 Å². The number of unbranched alkanes of at least 4 members (excludes halogenated alkanes) is 1. The van der Waals surface area contributed by atoms with E-state index >= 15 is 0 Å². The lowest BCUT2D eigenvalue weighted by Crippen LogP contribution is -2.54. The van der Waals surface area contributed by atoms with Crippen molar-refractivity contribution in [3.05, 3.63) is 0 Å². The predicted octanol–water partition coefficient (Wildman–Crippen LogP) is -0.791. The number of hydrogen-bond donors (Lipinski definition) is 5. The summed E-state index contributed by atoms with van der Waals surface area (Å²) in [4.78, 5) is 47.7. The third-order valence-corrected chi connectivity index (χ3v) is 5.35. The Hall–Kier alpha value is -2.32. The molecule has 0 saturated carbocycles. The number of ether oxygens (including phenoxy) is 4. The fourth-order valence-corrected chi connectivity index (χ4v) is 3.13. The maximum atomic E-state index is 12.7. The molecular formula is C25H49N5O8. The average molecular weight is 548 g/mol. The van der Waals surface area contributed by atoms with Gasteiger partial charge in [-0.2, -0.15) is 0 Å². The van der Waals surface area contributed by atoms with Crippen LogP contribution in [0.5, 0.6) is 0 Å². The summed E-state index contributed by atoms with van der Waals surface area (Å²) in [6.45, 7) is 9.36. The summed E-state index contributed by atoms with van der Waals surface area (Å²) in [5, 5.41) is 8.06. The lowest BCUT2D eigenvalue weighted by Gasteiger charge is -2.24. The number of nitrogens with one attached hydrogen (secondary N) is 3. The molecule has 0 radical (unpaired) electrons. The van der Waals surface area contributed by atoms with Crippen LogP contribution in [-0.2, 0) is 38.1 Å². The molecular weight excluding hydrogens is 498 g/mol. The molecule has 38 heavy (non-hydrogen) atoms. The van der Waals surface area contributed by atoms with Crippen molar-refractivity contribution < 1.29 is 38.1 Å². The van der Waals surface area contributed by atoms with Crippen LogP contribution in [0.1, 0.15) is 52.9 Å². The molecule has 0 rings (SSSR count). The highest BCUT2D eigenvalue weighted by atomic mass is 16.6. The molecule has 0 aromatic rings. The maximum absolute atomic E-state index is 12.7. The minimum Gasteiger partial charge on any atom is -0.379 e. The third-order valence-electron chi connectivity index (χ3n) is 5.35. The predicted molar refractivity (Wildman–Crippen MR) is 142 cm³/mol. The van der Waals surface area contributed by atoms with Crippen LogP contribution in [-0.4, -0.2) is 102 Å². The van der Waals surface area contributed by atoms with Crippen LogP contribution in [0.15, 0.2) is 0 Å². The van der Waals surface area contributed by atoms with Gasteiger partial charge in [0.1, 0.15) is 12.1 Å². The average Bonchev–Trinajstić information content (AvgIpc) is 2.88. The standard InChI is InChI=1S/C25H49N5O8/c1-4-21(31)28-10-12-36-14-16-38-18-17-37-15-13-35-11-8-22(32)30-23(19(2)3)25(34)29-20(24(27)33)7-5-6-9-26/h19-20,23H,4-18,26H2,1-3H3,(H2,27,33)(H,28,31)(H,29,34)(H,30,32). The summed E-state index contributed by atoms with van der Waals surface area (Å²) in [6.07, 6.45) is 2.32. The molecule has 0 aromatic heterocycles. The van der Waals surface area contributed by atoms with Crippen LogP contribution in [0.25, 0.3) is 0 Å². The number of rotatable bonds is 25. The Balaban J connectivity index is 3.90. The van der Waals surface area contributed by atoms with Gasteiger partial charge in [0.15, 0.2) is 0 Å². The molecule has 0 fully saturated rings. The van der Waals surface area contributed by atoms with Gasteiger partial charge in [0, 0.05) is 19.4 Å². The molecule has 0 aliphatic carbocycles. The van der Waals surface area contributed by atoms with Crippen molar-refractivity contribution in [1.82, 2.24) is 16.0 Å². The van der Waals surface area contributed by atoms with Gasteiger partial charge < -0.3 is 46.4 Å². The van der Waals surface area contributed by atoms with E-state index in [9.17, 15) is 19.2 Å². The topological polar surface area (TPSA) is 193 Å². The van der Waals surface area contributed by atoms with Crippen LogP contribution < -0.4 is 27.4 Å². The van der Waals surface area contributed by atoms with Crippen LogP contribution >= 0.6 is 0 Å². The van der Waals surface area contributed by atoms with E-state index in [2.05, 4.69) is 16.0 Å². The Labute approximate surface area is 226 Å². The first-order chi connectivity index (χ1) is 18.2. The van der Waals surface area contributed by atoms with Crippen molar-refractivity contribution in [1.29, 1.82) is 0 Å². The Kier molecular flexibility index (Phi) is 22.3. The summed E-state index contributed by atoms with van der Waals surface area (Å²) in [5.74, 6) is -1.59. The zero-order valence-corrected chi connectivity index (χ0v) is 23.3. The molecule has 13 heteroatoms. The first kappa shape index (κ1) is 35.7. The second-order valence-corrected chi connectivity index (χ2v) is 8.94. The molecule has 0 bridgehead atoms. The number of primary amides is 1. The number of carbonyl (C=O) groups is 4. The molecule has 0 heterocycles. The molecule has 7 N–H and O–H groups in total. The van der Waals surface area contributed by atoms with Gasteiger partial charge in [-0.25, -0.2) is 0 Å². The van der Waals surface area contributed by atoms with Gasteiger partial charge in [-0.1, -0.05) is 20.8 Å². The van der Waals surface area contributed by atoms with Gasteiger partial charge in [0.05, 0.1) is 52.9 Å². The first-order valence-electron chi connectivity index (χ1n) is 13.4. The molecule has 222 valence electrons. The Morgan fingerprint density at radius 1 is 0.763 bits per heavy atom. The van der Waals surface area contributed by atoms with E-state index < -0.39 is 23.9 Å². The smallest absolute Gasteiger partial charge is 0.243 e. The van der Waals surface area contributed by atoms with E-state index in [0.29, 0.717) is 78.6 Å². The summed E-state index contributed by atoms with van der Waals surface area (Å²) < 4.78 is 21.5. The minimum atomic E-state index is -0.805. The number of hydrogen-bond acceptors (Lipinski definition) is 9. The Morgan fingerprint density at radius 3 is 1.82 bits per heavy atom. The fourth-order valence-electron chi connectivity index (χ4n) is 3.13. The molecule has 0 aromatic carbocycles. The first-order valence-corrected chi connectivity index (χ1v) is 13.4. The Morgan fingerprint density at radius 2 is 1.32 bits per heavy atom. The zero-order chi connectivity index (χ0) is 28.6. The molecule has 13 nitrogen and oxygen atoms in total. The minimum absolute atomic E-state index is 0.000105. The van der Waals surface area contributed by atoms with E-state index in [4.69, 9.17) is 30.4 Å². The number of carbonyl (C=O) groups excluding carboxylic acids is 4. The lowest BCUT2D eigenvalue weighted by atomic mass is 10.0. The Bertz CT molecular complexity index is 666. The molecule has 2 atom stereocenters. The van der Waals surface area contributed by atoms with E-state index in [1.807, 2.05) is 0 Å². The molecule has 0 spiro atoms. The zero-order valence-electron chi connectivity index (χ0n) is 23.3. The second kappa shape index (κ2) is 23.8. The summed E-state index contributed by atoms with van der Waals surface area (Å²) in [5.41, 5.74) is 10.9. The maximum Gasteiger partial charge on any atom is 0.243 e. The third kappa shape index (κ3) is 19.7. The van der Waals surface area contributed by atoms with E-state index in [1.54, 1.807) is 20.8 Å². The summed E-state index contributed by atoms with van der Waals surface area (Å²) in [6, 6.07) is -1.60. The molecule has 0 aliphatic heterocycles. The fraction of sp³-hybridized carbons (Fsp3) is 0.840. The normalized spacial score (nSPS) is 12.7. The van der Waals surface area contributed by atoms with Crippen molar-refractivity contribution in [3.63, 3.8) is 0 Å². The summed E-state index contributed by atoms with van der Waals surface area (Å²) >= 11 is 0. The highest BCUT2D eigenvalue weighted by Crippen LogP contribution is 2.06. The van der Waals surface area contributed by atoms with E-state index in [0.717, 1.165) is 6.42 Å². The van der Waals surface area contributed by atoms with Crippen LogP contribution in [0.3, 0.4) is 0 Å². The number of nitrogens with two attached hydrogens (primary N) is 2. The molecule has 0 saturated heterocycles.